The van der Waals surface area contributed by atoms with E-state index in [0.717, 1.165) is 25.7 Å². The van der Waals surface area contributed by atoms with Gasteiger partial charge in [0.05, 0.1) is 0 Å². The van der Waals surface area contributed by atoms with E-state index in [-0.39, 0.29) is 0 Å². The lowest BCUT2D eigenvalue weighted by molar-refractivity contribution is 0.0776. The van der Waals surface area contributed by atoms with Gasteiger partial charge in [-0.15, -0.1) is 0 Å². The Bertz CT molecular complexity index is 363. The lowest BCUT2D eigenvalue weighted by Crippen LogP contribution is -2.67. The fraction of sp³-hybridized carbons (Fsp3) is 1.00. The topological polar surface area (TPSA) is 55.4 Å². The van der Waals surface area contributed by atoms with Crippen molar-refractivity contribution < 1.29 is 25.3 Å². The highest BCUT2D eigenvalue weighted by molar-refractivity contribution is 6.90. The molecule has 2 atom stereocenters. The van der Waals surface area contributed by atoms with Crippen LogP contribution in [0.2, 0.25) is 39.3 Å². The summed E-state index contributed by atoms with van der Waals surface area (Å²) >= 11 is 0. The highest BCUT2D eigenvalue weighted by Crippen LogP contribution is 2.32. The first-order valence-electron chi connectivity index (χ1n) is 9.03. The third-order valence-corrected chi connectivity index (χ3v) is 18.7. The molecule has 0 aliphatic carbocycles. The van der Waals surface area contributed by atoms with Crippen LogP contribution in [0.1, 0.15) is 39.5 Å². The van der Waals surface area contributed by atoms with E-state index in [2.05, 4.69) is 13.8 Å². The van der Waals surface area contributed by atoms with Crippen LogP contribution < -0.4 is 0 Å². The third-order valence-electron chi connectivity index (χ3n) is 3.45. The van der Waals surface area contributed by atoms with E-state index in [1.54, 1.807) is 0 Å². The van der Waals surface area contributed by atoms with Crippen LogP contribution in [0.3, 0.4) is 0 Å². The molecule has 0 saturated carbocycles. The Morgan fingerprint density at radius 3 is 1.29 bits per heavy atom. The molecule has 0 bridgehead atoms. The van der Waals surface area contributed by atoms with Crippen LogP contribution in [0.5, 0.6) is 0 Å². The summed E-state index contributed by atoms with van der Waals surface area (Å²) < 4.78 is 37.7. The zero-order valence-corrected chi connectivity index (χ0v) is 20.7. The van der Waals surface area contributed by atoms with Gasteiger partial charge >= 0.3 is 34.7 Å². The summed E-state index contributed by atoms with van der Waals surface area (Å²) in [5, 5.41) is 0. The van der Waals surface area contributed by atoms with Gasteiger partial charge in [0.15, 0.2) is 0 Å². The normalized spacial score (nSPS) is 33.0. The average Bonchev–Trinajstić information content (AvgIpc) is 2.34. The molecule has 1 aliphatic rings. The van der Waals surface area contributed by atoms with Crippen molar-refractivity contribution in [2.75, 3.05) is 13.2 Å². The predicted octanol–water partition coefficient (Wildman–Crippen LogP) is 4.24. The summed E-state index contributed by atoms with van der Waals surface area (Å²) in [6.07, 6.45) is 4.10. The predicted molar refractivity (Wildman–Crippen MR) is 104 cm³/mol. The molecule has 1 aliphatic heterocycles. The standard InChI is InChI=1S/C14H36O6Si4/c1-9-11-13-15-23(7)18-21(3,4)17-22(5,6)19-24(8,20-23)16-14-12-10-2/h9-14H2,1-8H3. The van der Waals surface area contributed by atoms with Gasteiger partial charge in [0.1, 0.15) is 0 Å². The molecule has 0 radical (unpaired) electrons. The Morgan fingerprint density at radius 2 is 0.958 bits per heavy atom. The summed E-state index contributed by atoms with van der Waals surface area (Å²) in [5.41, 5.74) is 0. The van der Waals surface area contributed by atoms with Crippen LogP contribution in [-0.2, 0) is 25.3 Å². The fourth-order valence-electron chi connectivity index (χ4n) is 2.83. The summed E-state index contributed by atoms with van der Waals surface area (Å²) in [6, 6.07) is 0. The smallest absolute Gasteiger partial charge is 0.416 e. The molecule has 6 nitrogen and oxygen atoms in total. The molecule has 0 aromatic carbocycles. The molecule has 24 heavy (non-hydrogen) atoms. The van der Waals surface area contributed by atoms with E-state index < -0.39 is 34.7 Å². The number of hydrogen-bond donors (Lipinski definition) is 0. The van der Waals surface area contributed by atoms with Crippen molar-refractivity contribution in [2.24, 2.45) is 0 Å². The van der Waals surface area contributed by atoms with Crippen molar-refractivity contribution in [3.8, 4) is 0 Å². The largest absolute Gasteiger partial charge is 0.481 e. The first kappa shape index (κ1) is 22.7. The molecule has 1 saturated heterocycles. The third kappa shape index (κ3) is 7.89. The summed E-state index contributed by atoms with van der Waals surface area (Å²) in [4.78, 5) is 0. The number of hydrogen-bond acceptors (Lipinski definition) is 6. The lowest BCUT2D eigenvalue weighted by Gasteiger charge is -2.46. The average molecular weight is 413 g/mol. The van der Waals surface area contributed by atoms with Gasteiger partial charge in [-0.3, -0.25) is 0 Å². The molecule has 0 spiro atoms. The second-order valence-electron chi connectivity index (χ2n) is 7.34. The second-order valence-corrected chi connectivity index (χ2v) is 20.2. The minimum Gasteiger partial charge on any atom is -0.416 e. The van der Waals surface area contributed by atoms with E-state index in [1.165, 1.54) is 0 Å². The van der Waals surface area contributed by atoms with Gasteiger partial charge < -0.3 is 25.3 Å². The minimum atomic E-state index is -2.88. The van der Waals surface area contributed by atoms with E-state index in [1.807, 2.05) is 39.3 Å². The van der Waals surface area contributed by atoms with Crippen molar-refractivity contribution in [1.29, 1.82) is 0 Å². The number of rotatable bonds is 8. The molecule has 0 aromatic heterocycles. The van der Waals surface area contributed by atoms with E-state index in [0.29, 0.717) is 13.2 Å². The van der Waals surface area contributed by atoms with Crippen molar-refractivity contribution in [3.63, 3.8) is 0 Å². The SMILES string of the molecule is CCCCO[Si]1(C)O[Si](C)(C)O[Si](C)(C)O[Si](C)(OCCCC)O1. The maximum atomic E-state index is 6.41. The van der Waals surface area contributed by atoms with Crippen molar-refractivity contribution in [3.05, 3.63) is 0 Å². The summed E-state index contributed by atoms with van der Waals surface area (Å²) in [5.74, 6) is 0. The Kier molecular flexibility index (Phi) is 8.52. The Balaban J connectivity index is 2.98. The molecule has 144 valence electrons. The van der Waals surface area contributed by atoms with Crippen LogP contribution in [0.4, 0.5) is 0 Å². The van der Waals surface area contributed by atoms with Gasteiger partial charge in [-0.2, -0.15) is 0 Å². The highest BCUT2D eigenvalue weighted by Gasteiger charge is 2.57. The molecule has 0 N–H and O–H groups in total. The fourth-order valence-corrected chi connectivity index (χ4v) is 21.5. The van der Waals surface area contributed by atoms with Gasteiger partial charge in [-0.25, -0.2) is 0 Å². The Labute approximate surface area is 152 Å². The van der Waals surface area contributed by atoms with Gasteiger partial charge in [-0.1, -0.05) is 26.7 Å². The van der Waals surface area contributed by atoms with Crippen LogP contribution in [0.15, 0.2) is 0 Å². The second kappa shape index (κ2) is 9.02. The molecule has 0 amide bonds. The van der Waals surface area contributed by atoms with Gasteiger partial charge in [0.25, 0.3) is 0 Å². The van der Waals surface area contributed by atoms with Crippen LogP contribution in [0.25, 0.3) is 0 Å². The summed E-state index contributed by atoms with van der Waals surface area (Å²) in [7, 11) is -10.5. The van der Waals surface area contributed by atoms with Crippen molar-refractivity contribution >= 4 is 34.7 Å². The number of unbranched alkanes of at least 4 members (excludes halogenated alkanes) is 2. The Morgan fingerprint density at radius 1 is 0.583 bits per heavy atom. The molecule has 0 aromatic rings. The molecule has 1 fully saturated rings. The quantitative estimate of drug-likeness (QED) is 0.439. The highest BCUT2D eigenvalue weighted by atomic mass is 28.5. The zero-order valence-electron chi connectivity index (χ0n) is 16.7. The maximum absolute atomic E-state index is 6.41. The molecule has 1 rings (SSSR count). The van der Waals surface area contributed by atoms with E-state index in [4.69, 9.17) is 25.3 Å². The molecule has 1 heterocycles. The first-order chi connectivity index (χ1) is 10.9. The zero-order chi connectivity index (χ0) is 18.5. The van der Waals surface area contributed by atoms with Crippen LogP contribution in [-0.4, -0.2) is 47.9 Å². The van der Waals surface area contributed by atoms with Crippen molar-refractivity contribution in [1.82, 2.24) is 0 Å². The lowest BCUT2D eigenvalue weighted by atomic mass is 10.4. The van der Waals surface area contributed by atoms with E-state index >= 15 is 0 Å². The van der Waals surface area contributed by atoms with Crippen LogP contribution in [0, 0.1) is 0 Å². The monoisotopic (exact) mass is 412 g/mol. The van der Waals surface area contributed by atoms with Gasteiger partial charge in [-0.05, 0) is 39.0 Å². The minimum absolute atomic E-state index is 0.629. The maximum Gasteiger partial charge on any atom is 0.481 e. The molecule has 10 heteroatoms. The van der Waals surface area contributed by atoms with Gasteiger partial charge in [0, 0.05) is 26.3 Å². The Hall–Kier alpha value is 0.628. The molecule has 2 unspecified atom stereocenters. The van der Waals surface area contributed by atoms with Crippen molar-refractivity contribution in [2.45, 2.75) is 78.8 Å². The van der Waals surface area contributed by atoms with E-state index in [9.17, 15) is 0 Å². The molecular formula is C14H36O6Si4. The molecular weight excluding hydrogens is 376 g/mol. The first-order valence-corrected chi connectivity index (χ1v) is 19.1. The summed E-state index contributed by atoms with van der Waals surface area (Å²) in [6.45, 7) is 17.6. The van der Waals surface area contributed by atoms with Crippen LogP contribution >= 0.6 is 0 Å². The van der Waals surface area contributed by atoms with Gasteiger partial charge in [0.2, 0.25) is 0 Å².